The minimum atomic E-state index is -0.154. The fourth-order valence-electron chi connectivity index (χ4n) is 2.34. The maximum atomic E-state index is 13.8. The summed E-state index contributed by atoms with van der Waals surface area (Å²) >= 11 is 0. The van der Waals surface area contributed by atoms with E-state index in [9.17, 15) is 4.39 Å². The highest BCUT2D eigenvalue weighted by Gasteiger charge is 2.45. The Balaban J connectivity index is 2.09. The van der Waals surface area contributed by atoms with Crippen molar-refractivity contribution in [1.29, 1.82) is 0 Å². The molecule has 0 unspecified atom stereocenters. The van der Waals surface area contributed by atoms with E-state index in [-0.39, 0.29) is 11.2 Å². The van der Waals surface area contributed by atoms with Gasteiger partial charge in [-0.05, 0) is 30.0 Å². The van der Waals surface area contributed by atoms with Crippen LogP contribution < -0.4 is 10.5 Å². The summed E-state index contributed by atoms with van der Waals surface area (Å²) in [4.78, 5) is 0. The van der Waals surface area contributed by atoms with Crippen molar-refractivity contribution in [2.45, 2.75) is 24.7 Å². The number of hydrogen-bond acceptors (Lipinski definition) is 2. The molecule has 80 valence electrons. The van der Waals surface area contributed by atoms with Crippen molar-refractivity contribution in [2.24, 2.45) is 5.73 Å². The molecule has 0 saturated heterocycles. The predicted molar refractivity (Wildman–Crippen MR) is 55.6 cm³/mol. The monoisotopic (exact) mass is 207 g/mol. The summed E-state index contributed by atoms with van der Waals surface area (Å²) in [7, 11) is 0. The quantitative estimate of drug-likeness (QED) is 0.801. The molecule has 1 heterocycles. The van der Waals surface area contributed by atoms with Crippen LogP contribution in [-0.2, 0) is 11.8 Å². The zero-order valence-corrected chi connectivity index (χ0v) is 8.55. The molecule has 0 amide bonds. The van der Waals surface area contributed by atoms with Gasteiger partial charge in [0, 0.05) is 24.4 Å². The van der Waals surface area contributed by atoms with E-state index < -0.39 is 0 Å². The number of benzene rings is 1. The maximum absolute atomic E-state index is 13.8. The van der Waals surface area contributed by atoms with Gasteiger partial charge in [0.15, 0.2) is 0 Å². The summed E-state index contributed by atoms with van der Waals surface area (Å²) in [5, 5.41) is 0. The molecule has 15 heavy (non-hydrogen) atoms. The maximum Gasteiger partial charge on any atom is 0.130 e. The lowest BCUT2D eigenvalue weighted by Crippen LogP contribution is -2.21. The zero-order chi connectivity index (χ0) is 10.5. The van der Waals surface area contributed by atoms with Crippen LogP contribution in [0.1, 0.15) is 24.0 Å². The standard InChI is InChI=1S/C12H14FNO/c13-10-6-11-8(1-4-15-11)5-9(10)12(7-14)2-3-12/h5-6H,1-4,7,14H2. The van der Waals surface area contributed by atoms with Gasteiger partial charge >= 0.3 is 0 Å². The molecular formula is C12H14FNO. The van der Waals surface area contributed by atoms with Gasteiger partial charge < -0.3 is 10.5 Å². The van der Waals surface area contributed by atoms with Crippen LogP contribution in [0.3, 0.4) is 0 Å². The van der Waals surface area contributed by atoms with Crippen LogP contribution in [0, 0.1) is 5.82 Å². The molecule has 1 aromatic carbocycles. The molecule has 1 saturated carbocycles. The summed E-state index contributed by atoms with van der Waals surface area (Å²) in [5.41, 5.74) is 7.58. The normalized spacial score (nSPS) is 20.9. The minimum absolute atomic E-state index is 0.0678. The van der Waals surface area contributed by atoms with Gasteiger partial charge in [0.05, 0.1) is 6.61 Å². The molecule has 0 radical (unpaired) electrons. The van der Waals surface area contributed by atoms with Crippen molar-refractivity contribution in [3.63, 3.8) is 0 Å². The molecule has 2 N–H and O–H groups in total. The molecular weight excluding hydrogens is 193 g/mol. The number of rotatable bonds is 2. The van der Waals surface area contributed by atoms with Gasteiger partial charge in [-0.15, -0.1) is 0 Å². The van der Waals surface area contributed by atoms with Crippen LogP contribution in [-0.4, -0.2) is 13.2 Å². The second kappa shape index (κ2) is 2.95. The third-order valence-electron chi connectivity index (χ3n) is 3.59. The van der Waals surface area contributed by atoms with E-state index in [0.29, 0.717) is 18.9 Å². The molecule has 0 spiro atoms. The van der Waals surface area contributed by atoms with Crippen molar-refractivity contribution in [3.8, 4) is 5.75 Å². The van der Waals surface area contributed by atoms with Gasteiger partial charge in [-0.2, -0.15) is 0 Å². The van der Waals surface area contributed by atoms with Gasteiger partial charge in [0.2, 0.25) is 0 Å². The van der Waals surface area contributed by atoms with Crippen molar-refractivity contribution in [1.82, 2.24) is 0 Å². The first-order valence-electron chi connectivity index (χ1n) is 5.41. The van der Waals surface area contributed by atoms with E-state index >= 15 is 0 Å². The predicted octanol–water partition coefficient (Wildman–Crippen LogP) is 1.75. The zero-order valence-electron chi connectivity index (χ0n) is 8.55. The third kappa shape index (κ3) is 1.26. The first-order chi connectivity index (χ1) is 7.25. The SMILES string of the molecule is NCC1(c2cc3c(cc2F)OCC3)CC1. The van der Waals surface area contributed by atoms with Crippen LogP contribution in [0.4, 0.5) is 4.39 Å². The molecule has 2 aliphatic rings. The number of fused-ring (bicyclic) bond motifs is 1. The largest absolute Gasteiger partial charge is 0.493 e. The molecule has 1 fully saturated rings. The topological polar surface area (TPSA) is 35.2 Å². The lowest BCUT2D eigenvalue weighted by atomic mass is 9.93. The summed E-state index contributed by atoms with van der Waals surface area (Å²) in [6.45, 7) is 1.22. The average molecular weight is 207 g/mol. The fraction of sp³-hybridized carbons (Fsp3) is 0.500. The van der Waals surface area contributed by atoms with Crippen LogP contribution >= 0.6 is 0 Å². The second-order valence-electron chi connectivity index (χ2n) is 4.52. The third-order valence-corrected chi connectivity index (χ3v) is 3.59. The van der Waals surface area contributed by atoms with E-state index in [1.165, 1.54) is 6.07 Å². The van der Waals surface area contributed by atoms with Crippen LogP contribution in [0.2, 0.25) is 0 Å². The molecule has 3 heteroatoms. The van der Waals surface area contributed by atoms with Gasteiger partial charge in [0.1, 0.15) is 11.6 Å². The number of hydrogen-bond donors (Lipinski definition) is 1. The molecule has 2 nitrogen and oxygen atoms in total. The van der Waals surface area contributed by atoms with Crippen LogP contribution in [0.25, 0.3) is 0 Å². The Labute approximate surface area is 88.2 Å². The van der Waals surface area contributed by atoms with Gasteiger partial charge in [-0.1, -0.05) is 0 Å². The molecule has 3 rings (SSSR count). The Morgan fingerprint density at radius 3 is 2.87 bits per heavy atom. The average Bonchev–Trinajstić information content (AvgIpc) is 2.91. The lowest BCUT2D eigenvalue weighted by Gasteiger charge is -2.15. The van der Waals surface area contributed by atoms with E-state index in [1.54, 1.807) is 0 Å². The van der Waals surface area contributed by atoms with Gasteiger partial charge in [-0.25, -0.2) is 4.39 Å². The fourth-order valence-corrected chi connectivity index (χ4v) is 2.34. The summed E-state index contributed by atoms with van der Waals surface area (Å²) < 4.78 is 19.2. The summed E-state index contributed by atoms with van der Waals surface area (Å²) in [6.07, 6.45) is 2.92. The highest BCUT2D eigenvalue weighted by Crippen LogP contribution is 2.49. The molecule has 1 aromatic rings. The number of halogens is 1. The van der Waals surface area contributed by atoms with Crippen LogP contribution in [0.15, 0.2) is 12.1 Å². The highest BCUT2D eigenvalue weighted by atomic mass is 19.1. The summed E-state index contributed by atoms with van der Waals surface area (Å²) in [6, 6.07) is 3.48. The van der Waals surface area contributed by atoms with E-state index in [2.05, 4.69) is 0 Å². The summed E-state index contributed by atoms with van der Waals surface area (Å²) in [5.74, 6) is 0.558. The van der Waals surface area contributed by atoms with Crippen molar-refractivity contribution in [3.05, 3.63) is 29.1 Å². The van der Waals surface area contributed by atoms with Crippen molar-refractivity contribution in [2.75, 3.05) is 13.2 Å². The Morgan fingerprint density at radius 2 is 2.20 bits per heavy atom. The highest BCUT2D eigenvalue weighted by molar-refractivity contribution is 5.45. The Morgan fingerprint density at radius 1 is 1.40 bits per heavy atom. The van der Waals surface area contributed by atoms with E-state index in [4.69, 9.17) is 10.5 Å². The number of nitrogens with two attached hydrogens (primary N) is 1. The van der Waals surface area contributed by atoms with E-state index in [0.717, 1.165) is 30.4 Å². The van der Waals surface area contributed by atoms with Crippen LogP contribution in [0.5, 0.6) is 5.75 Å². The number of ether oxygens (including phenoxy) is 1. The van der Waals surface area contributed by atoms with Gasteiger partial charge in [-0.3, -0.25) is 0 Å². The molecule has 0 aromatic heterocycles. The van der Waals surface area contributed by atoms with Crippen molar-refractivity contribution < 1.29 is 9.13 Å². The molecule has 1 aliphatic heterocycles. The Bertz CT molecular complexity index is 412. The Kier molecular flexibility index (Phi) is 1.80. The molecule has 0 atom stereocenters. The molecule has 1 aliphatic carbocycles. The Hall–Kier alpha value is -1.09. The lowest BCUT2D eigenvalue weighted by molar-refractivity contribution is 0.355. The minimum Gasteiger partial charge on any atom is -0.493 e. The second-order valence-corrected chi connectivity index (χ2v) is 4.52. The molecule has 0 bridgehead atoms. The first kappa shape index (κ1) is 9.16. The van der Waals surface area contributed by atoms with Crippen molar-refractivity contribution >= 4 is 0 Å². The van der Waals surface area contributed by atoms with Gasteiger partial charge in [0.25, 0.3) is 0 Å². The van der Waals surface area contributed by atoms with E-state index in [1.807, 2.05) is 6.07 Å². The smallest absolute Gasteiger partial charge is 0.130 e. The first-order valence-corrected chi connectivity index (χ1v) is 5.41.